The van der Waals surface area contributed by atoms with Crippen LogP contribution in [0.15, 0.2) is 12.1 Å². The van der Waals surface area contributed by atoms with Crippen LogP contribution in [0.1, 0.15) is 41.5 Å². The molecular formula is C19H25BF3NO6. The van der Waals surface area contributed by atoms with Gasteiger partial charge in [-0.15, -0.1) is 0 Å². The molecule has 5 N–H and O–H groups in total. The molecule has 1 fully saturated rings. The number of halogens is 3. The van der Waals surface area contributed by atoms with Crippen molar-refractivity contribution in [2.45, 2.75) is 58.9 Å². The zero-order valence-electron chi connectivity index (χ0n) is 17.5. The van der Waals surface area contributed by atoms with E-state index in [0.717, 1.165) is 6.07 Å². The second kappa shape index (κ2) is 7.90. The lowest BCUT2D eigenvalue weighted by Crippen LogP contribution is -2.41. The average molecular weight is 431 g/mol. The first-order valence-corrected chi connectivity index (χ1v) is 9.26. The number of nitrogen functional groups attached to an aromatic ring is 1. The van der Waals surface area contributed by atoms with Crippen molar-refractivity contribution in [1.29, 1.82) is 0 Å². The standard InChI is InChI=1S/C17H19BF3NO6.C2H6/c1-15(2)16(3,4)28-18(27-15)9-6-7(22)5-8-10(9)14(26-17(23,24)25)13(21)12(20)11(8)19;1-2/h5-6,23-25H,22H2,1-4H3;1-2H3. The number of aliphatic hydroxyl groups is 3. The Morgan fingerprint density at radius 2 is 1.43 bits per heavy atom. The molecule has 3 rings (SSSR count). The third-order valence-corrected chi connectivity index (χ3v) is 4.99. The van der Waals surface area contributed by atoms with Crippen molar-refractivity contribution in [2.75, 3.05) is 5.73 Å². The highest BCUT2D eigenvalue weighted by atomic mass is 19.2. The number of rotatable bonds is 3. The Labute approximate surface area is 172 Å². The fraction of sp³-hybridized carbons (Fsp3) is 0.474. The summed E-state index contributed by atoms with van der Waals surface area (Å²) in [5, 5.41) is 26.4. The maximum Gasteiger partial charge on any atom is 0.495 e. The Morgan fingerprint density at radius 3 is 1.90 bits per heavy atom. The van der Waals surface area contributed by atoms with E-state index in [1.165, 1.54) is 6.07 Å². The first-order chi connectivity index (χ1) is 13.6. The van der Waals surface area contributed by atoms with Crippen LogP contribution in [0, 0.1) is 17.5 Å². The van der Waals surface area contributed by atoms with Crippen LogP contribution in [0.5, 0.6) is 5.75 Å². The van der Waals surface area contributed by atoms with E-state index < -0.39 is 58.5 Å². The SMILES string of the molecule is CC.CC1(C)OB(c2cc(N)cc3c(F)c(F)c(F)c(OC(O)(O)O)c23)OC1(C)C. The molecule has 0 bridgehead atoms. The Hall–Kier alpha value is -2.05. The Morgan fingerprint density at radius 1 is 0.933 bits per heavy atom. The zero-order chi connectivity index (χ0) is 23.2. The summed E-state index contributed by atoms with van der Waals surface area (Å²) in [7, 11) is -1.20. The lowest BCUT2D eigenvalue weighted by atomic mass is 9.75. The van der Waals surface area contributed by atoms with Gasteiger partial charge in [-0.3, -0.25) is 0 Å². The smallest absolute Gasteiger partial charge is 0.413 e. The van der Waals surface area contributed by atoms with Crippen molar-refractivity contribution in [2.24, 2.45) is 0 Å². The van der Waals surface area contributed by atoms with Gasteiger partial charge in [0.1, 0.15) is 0 Å². The second-order valence-electron chi connectivity index (χ2n) is 7.57. The highest BCUT2D eigenvalue weighted by Gasteiger charge is 2.52. The van der Waals surface area contributed by atoms with Crippen LogP contribution in [-0.2, 0) is 9.31 Å². The molecule has 0 saturated carbocycles. The first-order valence-electron chi connectivity index (χ1n) is 9.26. The van der Waals surface area contributed by atoms with Gasteiger partial charge in [0.05, 0.1) is 11.2 Å². The lowest BCUT2D eigenvalue weighted by molar-refractivity contribution is -0.419. The van der Waals surface area contributed by atoms with Gasteiger partial charge in [0.25, 0.3) is 0 Å². The minimum atomic E-state index is -3.85. The monoisotopic (exact) mass is 431 g/mol. The number of hydrogen-bond donors (Lipinski definition) is 4. The highest BCUT2D eigenvalue weighted by molar-refractivity contribution is 6.65. The van der Waals surface area contributed by atoms with Crippen LogP contribution in [0.3, 0.4) is 0 Å². The van der Waals surface area contributed by atoms with Crippen LogP contribution < -0.4 is 15.9 Å². The van der Waals surface area contributed by atoms with Crippen molar-refractivity contribution in [3.05, 3.63) is 29.6 Å². The van der Waals surface area contributed by atoms with Gasteiger partial charge in [0.15, 0.2) is 17.4 Å². The largest absolute Gasteiger partial charge is 0.495 e. The van der Waals surface area contributed by atoms with Gasteiger partial charge in [-0.1, -0.05) is 13.8 Å². The summed E-state index contributed by atoms with van der Waals surface area (Å²) in [6.45, 7) is 10.9. The van der Waals surface area contributed by atoms with Crippen molar-refractivity contribution in [3.63, 3.8) is 0 Å². The van der Waals surface area contributed by atoms with Gasteiger partial charge in [-0.2, -0.15) is 4.39 Å². The number of hydrogen-bond acceptors (Lipinski definition) is 7. The van der Waals surface area contributed by atoms with Gasteiger partial charge in [0, 0.05) is 16.5 Å². The molecule has 2 aromatic rings. The van der Waals surface area contributed by atoms with E-state index in [1.807, 2.05) is 13.8 Å². The van der Waals surface area contributed by atoms with Crippen LogP contribution in [0.25, 0.3) is 10.8 Å². The van der Waals surface area contributed by atoms with E-state index in [2.05, 4.69) is 4.74 Å². The summed E-state index contributed by atoms with van der Waals surface area (Å²) in [6, 6.07) is 2.27. The molecule has 1 aliphatic heterocycles. The predicted octanol–water partition coefficient (Wildman–Crippen LogP) is 2.13. The normalized spacial score (nSPS) is 17.7. The molecule has 1 aliphatic rings. The number of nitrogens with two attached hydrogens (primary N) is 1. The molecule has 11 heteroatoms. The summed E-state index contributed by atoms with van der Waals surface area (Å²) in [4.78, 5) is 0. The second-order valence-corrected chi connectivity index (χ2v) is 7.57. The maximum absolute atomic E-state index is 14.4. The number of benzene rings is 2. The van der Waals surface area contributed by atoms with E-state index in [4.69, 9.17) is 30.4 Å². The van der Waals surface area contributed by atoms with Crippen LogP contribution in [0.4, 0.5) is 18.9 Å². The fourth-order valence-corrected chi connectivity index (χ4v) is 2.93. The molecule has 0 radical (unpaired) electrons. The summed E-state index contributed by atoms with van der Waals surface area (Å²) >= 11 is 0. The molecule has 1 heterocycles. The average Bonchev–Trinajstić information content (AvgIpc) is 2.84. The van der Waals surface area contributed by atoms with Crippen LogP contribution >= 0.6 is 0 Å². The molecule has 0 amide bonds. The fourth-order valence-electron chi connectivity index (χ4n) is 2.93. The quantitative estimate of drug-likeness (QED) is 0.255. The van der Waals surface area contributed by atoms with Crippen molar-refractivity contribution in [3.8, 4) is 5.75 Å². The number of anilines is 1. The predicted molar refractivity (Wildman–Crippen MR) is 105 cm³/mol. The molecule has 7 nitrogen and oxygen atoms in total. The molecule has 0 aromatic heterocycles. The molecule has 166 valence electrons. The van der Waals surface area contributed by atoms with Crippen molar-refractivity contribution in [1.82, 2.24) is 0 Å². The topological polar surface area (TPSA) is 114 Å². The minimum Gasteiger partial charge on any atom is -0.413 e. The molecule has 0 atom stereocenters. The molecule has 0 aliphatic carbocycles. The maximum atomic E-state index is 14.4. The zero-order valence-corrected chi connectivity index (χ0v) is 17.5. The molecular weight excluding hydrogens is 406 g/mol. The van der Waals surface area contributed by atoms with Crippen LogP contribution in [0.2, 0.25) is 0 Å². The lowest BCUT2D eigenvalue weighted by Gasteiger charge is -2.32. The van der Waals surface area contributed by atoms with Crippen molar-refractivity contribution >= 4 is 29.0 Å². The number of fused-ring (bicyclic) bond motifs is 1. The summed E-state index contributed by atoms with van der Waals surface area (Å²) in [6.07, 6.45) is -3.85. The van der Waals surface area contributed by atoms with Crippen LogP contribution in [-0.4, -0.2) is 39.8 Å². The van der Waals surface area contributed by atoms with Crippen molar-refractivity contribution < 1.29 is 42.5 Å². The Kier molecular flexibility index (Phi) is 6.38. The minimum absolute atomic E-state index is 0.0173. The van der Waals surface area contributed by atoms with E-state index in [9.17, 15) is 13.2 Å². The van der Waals surface area contributed by atoms with Gasteiger partial charge in [-0.25, -0.2) is 8.78 Å². The van der Waals surface area contributed by atoms with Gasteiger partial charge in [0.2, 0.25) is 5.82 Å². The van der Waals surface area contributed by atoms with Gasteiger partial charge < -0.3 is 35.1 Å². The Balaban J connectivity index is 0.00000155. The van der Waals surface area contributed by atoms with Gasteiger partial charge >= 0.3 is 13.3 Å². The van der Waals surface area contributed by atoms with Gasteiger partial charge in [-0.05, 0) is 45.3 Å². The highest BCUT2D eigenvalue weighted by Crippen LogP contribution is 2.40. The molecule has 1 saturated heterocycles. The number of ether oxygens (including phenoxy) is 1. The van der Waals surface area contributed by atoms with E-state index in [0.29, 0.717) is 0 Å². The van der Waals surface area contributed by atoms with E-state index in [-0.39, 0.29) is 11.2 Å². The summed E-state index contributed by atoms with van der Waals surface area (Å²) in [5.41, 5.74) is 4.05. The molecule has 30 heavy (non-hydrogen) atoms. The summed E-state index contributed by atoms with van der Waals surface area (Å²) < 4.78 is 58.9. The molecule has 0 unspecified atom stereocenters. The van der Waals surface area contributed by atoms with E-state index >= 15 is 0 Å². The molecule has 0 spiro atoms. The Bertz CT molecular complexity index is 946. The molecule has 2 aromatic carbocycles. The third-order valence-electron chi connectivity index (χ3n) is 4.99. The third kappa shape index (κ3) is 4.21. The summed E-state index contributed by atoms with van der Waals surface area (Å²) in [5.74, 6) is -6.55. The van der Waals surface area contributed by atoms with E-state index in [1.54, 1.807) is 27.7 Å². The first kappa shape index (κ1) is 24.2.